The van der Waals surface area contributed by atoms with E-state index in [9.17, 15) is 4.79 Å². The highest BCUT2D eigenvalue weighted by molar-refractivity contribution is 9.10. The van der Waals surface area contributed by atoms with Gasteiger partial charge in [-0.1, -0.05) is 58.4 Å². The van der Waals surface area contributed by atoms with Crippen molar-refractivity contribution in [3.63, 3.8) is 0 Å². The van der Waals surface area contributed by atoms with Crippen molar-refractivity contribution in [2.75, 3.05) is 5.32 Å². The minimum absolute atomic E-state index is 0.00914. The number of aryl methyl sites for hydroxylation is 2. The summed E-state index contributed by atoms with van der Waals surface area (Å²) >= 11 is 3.48. The van der Waals surface area contributed by atoms with Gasteiger partial charge in [0, 0.05) is 10.2 Å². The summed E-state index contributed by atoms with van der Waals surface area (Å²) in [6, 6.07) is 18.3. The number of hydrogen-bond donors (Lipinski definition) is 1. The van der Waals surface area contributed by atoms with Gasteiger partial charge in [0.2, 0.25) is 5.91 Å². The van der Waals surface area contributed by atoms with E-state index >= 15 is 0 Å². The average Bonchev–Trinajstić information content (AvgIpc) is 2.51. The maximum Gasteiger partial charge on any atom is 0.228 e. The van der Waals surface area contributed by atoms with Crippen LogP contribution in [0.3, 0.4) is 0 Å². The van der Waals surface area contributed by atoms with Crippen molar-refractivity contribution in [1.29, 1.82) is 0 Å². The number of benzene rings is 3. The third kappa shape index (κ3) is 3.45. The summed E-state index contributed by atoms with van der Waals surface area (Å²) in [5, 5.41) is 5.35. The van der Waals surface area contributed by atoms with Crippen LogP contribution in [0.15, 0.2) is 59.1 Å². The first-order chi connectivity index (χ1) is 11.0. The van der Waals surface area contributed by atoms with Gasteiger partial charge in [-0.15, -0.1) is 0 Å². The number of halogens is 1. The zero-order chi connectivity index (χ0) is 16.4. The highest BCUT2D eigenvalue weighted by atomic mass is 79.9. The maximum atomic E-state index is 12.5. The molecular formula is C20H18BrNO. The van der Waals surface area contributed by atoms with E-state index < -0.39 is 0 Å². The normalized spacial score (nSPS) is 10.7. The zero-order valence-electron chi connectivity index (χ0n) is 13.2. The number of anilines is 1. The highest BCUT2D eigenvalue weighted by Gasteiger charge is 2.11. The van der Waals surface area contributed by atoms with E-state index in [-0.39, 0.29) is 5.91 Å². The second kappa shape index (κ2) is 6.55. The highest BCUT2D eigenvalue weighted by Crippen LogP contribution is 2.26. The molecule has 0 saturated carbocycles. The molecule has 1 amide bonds. The van der Waals surface area contributed by atoms with E-state index in [4.69, 9.17) is 0 Å². The molecule has 0 bridgehead atoms. The molecule has 0 heterocycles. The predicted molar refractivity (Wildman–Crippen MR) is 99.9 cm³/mol. The van der Waals surface area contributed by atoms with Crippen LogP contribution in [0.25, 0.3) is 10.8 Å². The molecule has 0 spiro atoms. The third-order valence-corrected chi connectivity index (χ3v) is 4.45. The molecule has 0 fully saturated rings. The summed E-state index contributed by atoms with van der Waals surface area (Å²) in [6.45, 7) is 4.01. The molecule has 0 atom stereocenters. The topological polar surface area (TPSA) is 29.1 Å². The number of hydrogen-bond acceptors (Lipinski definition) is 1. The van der Waals surface area contributed by atoms with Gasteiger partial charge in [0.1, 0.15) is 0 Å². The number of nitrogens with one attached hydrogen (secondary N) is 1. The fraction of sp³-hybridized carbons (Fsp3) is 0.150. The smallest absolute Gasteiger partial charge is 0.228 e. The lowest BCUT2D eigenvalue weighted by atomic mass is 10.0. The van der Waals surface area contributed by atoms with Crippen molar-refractivity contribution in [2.45, 2.75) is 20.3 Å². The zero-order valence-corrected chi connectivity index (χ0v) is 14.8. The monoisotopic (exact) mass is 367 g/mol. The molecule has 0 aliphatic carbocycles. The van der Waals surface area contributed by atoms with Gasteiger partial charge < -0.3 is 5.32 Å². The molecule has 3 heteroatoms. The predicted octanol–water partition coefficient (Wildman–Crippen LogP) is 5.40. The van der Waals surface area contributed by atoms with Gasteiger partial charge in [0.15, 0.2) is 0 Å². The summed E-state index contributed by atoms with van der Waals surface area (Å²) in [5.74, 6) is 0.00914. The Labute approximate surface area is 144 Å². The summed E-state index contributed by atoms with van der Waals surface area (Å²) in [6.07, 6.45) is 0.371. The van der Waals surface area contributed by atoms with Gasteiger partial charge in [-0.3, -0.25) is 4.79 Å². The minimum atomic E-state index is 0.00914. The van der Waals surface area contributed by atoms with Crippen molar-refractivity contribution >= 4 is 38.3 Å². The first-order valence-corrected chi connectivity index (χ1v) is 8.37. The van der Waals surface area contributed by atoms with Crippen LogP contribution in [0.4, 0.5) is 5.69 Å². The van der Waals surface area contributed by atoms with Crippen molar-refractivity contribution in [1.82, 2.24) is 0 Å². The van der Waals surface area contributed by atoms with Crippen LogP contribution in [0.1, 0.15) is 16.7 Å². The molecule has 0 unspecified atom stereocenters. The summed E-state index contributed by atoms with van der Waals surface area (Å²) in [4.78, 5) is 12.5. The van der Waals surface area contributed by atoms with Gasteiger partial charge in [0.05, 0.1) is 6.42 Å². The number of rotatable bonds is 3. The molecule has 0 aliphatic heterocycles. The van der Waals surface area contributed by atoms with Crippen molar-refractivity contribution in [3.05, 3.63) is 75.8 Å². The molecule has 2 nitrogen and oxygen atoms in total. The van der Waals surface area contributed by atoms with Crippen LogP contribution in [0.2, 0.25) is 0 Å². The second-order valence-electron chi connectivity index (χ2n) is 5.78. The van der Waals surface area contributed by atoms with E-state index in [1.165, 1.54) is 0 Å². The van der Waals surface area contributed by atoms with Crippen LogP contribution < -0.4 is 5.32 Å². The molecule has 3 aromatic carbocycles. The first-order valence-electron chi connectivity index (χ1n) is 7.58. The van der Waals surface area contributed by atoms with Gasteiger partial charge in [-0.25, -0.2) is 0 Å². The van der Waals surface area contributed by atoms with Crippen LogP contribution in [0.5, 0.6) is 0 Å². The molecular weight excluding hydrogens is 350 g/mol. The summed E-state index contributed by atoms with van der Waals surface area (Å²) in [7, 11) is 0. The Bertz CT molecular complexity index is 857. The van der Waals surface area contributed by atoms with Gasteiger partial charge >= 0.3 is 0 Å². The quantitative estimate of drug-likeness (QED) is 0.659. The minimum Gasteiger partial charge on any atom is -0.325 e. The van der Waals surface area contributed by atoms with E-state index in [1.54, 1.807) is 0 Å². The van der Waals surface area contributed by atoms with Gasteiger partial charge in [-0.05, 0) is 53.4 Å². The van der Waals surface area contributed by atoms with Crippen molar-refractivity contribution in [2.24, 2.45) is 0 Å². The van der Waals surface area contributed by atoms with Crippen molar-refractivity contribution < 1.29 is 4.79 Å². The van der Waals surface area contributed by atoms with E-state index in [1.807, 2.05) is 50.2 Å². The van der Waals surface area contributed by atoms with E-state index in [0.717, 1.165) is 37.6 Å². The number of amides is 1. The lowest BCUT2D eigenvalue weighted by Gasteiger charge is -2.13. The Balaban J connectivity index is 1.85. The molecule has 0 saturated heterocycles. The third-order valence-electron chi connectivity index (χ3n) is 3.99. The summed E-state index contributed by atoms with van der Waals surface area (Å²) in [5.41, 5.74) is 4.07. The maximum absolute atomic E-state index is 12.5. The van der Waals surface area contributed by atoms with Crippen LogP contribution in [0, 0.1) is 13.8 Å². The van der Waals surface area contributed by atoms with Gasteiger partial charge in [-0.2, -0.15) is 0 Å². The average molecular weight is 368 g/mol. The fourth-order valence-electron chi connectivity index (χ4n) is 2.91. The lowest BCUT2D eigenvalue weighted by molar-refractivity contribution is -0.115. The Hall–Kier alpha value is -2.13. The van der Waals surface area contributed by atoms with Crippen LogP contribution in [-0.2, 0) is 11.2 Å². The molecule has 0 radical (unpaired) electrons. The molecule has 1 N–H and O–H groups in total. The largest absolute Gasteiger partial charge is 0.325 e. The number of carbonyl (C=O) groups is 1. The lowest BCUT2D eigenvalue weighted by Crippen LogP contribution is -2.16. The molecule has 0 aliphatic rings. The second-order valence-corrected chi connectivity index (χ2v) is 6.69. The SMILES string of the molecule is Cc1cc(Br)cc(C)c1NC(=O)Cc1cccc2ccccc12. The Kier molecular flexibility index (Phi) is 4.49. The van der Waals surface area contributed by atoms with E-state index in [2.05, 4.69) is 39.4 Å². The number of fused-ring (bicyclic) bond motifs is 1. The Morgan fingerprint density at radius 2 is 1.65 bits per heavy atom. The molecule has 3 aromatic rings. The molecule has 23 heavy (non-hydrogen) atoms. The van der Waals surface area contributed by atoms with Crippen molar-refractivity contribution in [3.8, 4) is 0 Å². The standard InChI is InChI=1S/C20H18BrNO/c1-13-10-17(21)11-14(2)20(13)22-19(23)12-16-8-5-7-15-6-3-4-9-18(15)16/h3-11H,12H2,1-2H3,(H,22,23). The number of carbonyl (C=O) groups excluding carboxylic acids is 1. The first kappa shape index (κ1) is 15.8. The molecule has 116 valence electrons. The van der Waals surface area contributed by atoms with Crippen LogP contribution in [-0.4, -0.2) is 5.91 Å². The Morgan fingerprint density at radius 1 is 1.00 bits per heavy atom. The van der Waals surface area contributed by atoms with Gasteiger partial charge in [0.25, 0.3) is 0 Å². The van der Waals surface area contributed by atoms with Crippen LogP contribution >= 0.6 is 15.9 Å². The molecule has 3 rings (SSSR count). The molecule has 0 aromatic heterocycles. The Morgan fingerprint density at radius 3 is 2.39 bits per heavy atom. The fourth-order valence-corrected chi connectivity index (χ4v) is 3.60. The summed E-state index contributed by atoms with van der Waals surface area (Å²) < 4.78 is 1.03. The van der Waals surface area contributed by atoms with E-state index in [0.29, 0.717) is 6.42 Å².